The molecule has 2 heterocycles. The van der Waals surface area contributed by atoms with Gasteiger partial charge in [0.2, 0.25) is 0 Å². The van der Waals surface area contributed by atoms with E-state index in [2.05, 4.69) is 80.8 Å². The Morgan fingerprint density at radius 2 is 1.57 bits per heavy atom. The monoisotopic (exact) mass is 405 g/mol. The number of hydrogen-bond acceptors (Lipinski definition) is 3. The lowest BCUT2D eigenvalue weighted by molar-refractivity contribution is 0.253. The van der Waals surface area contributed by atoms with Crippen molar-refractivity contribution in [3.63, 3.8) is 0 Å². The summed E-state index contributed by atoms with van der Waals surface area (Å²) in [6.45, 7) is 17.5. The van der Waals surface area contributed by atoms with Crippen LogP contribution in [0.1, 0.15) is 71.4 Å². The zero-order chi connectivity index (χ0) is 21.4. The summed E-state index contributed by atoms with van der Waals surface area (Å²) in [6.07, 6.45) is 5.08. The molecule has 1 aliphatic heterocycles. The average molecular weight is 406 g/mol. The van der Waals surface area contributed by atoms with E-state index in [9.17, 15) is 0 Å². The molecule has 0 spiro atoms. The molecule has 1 aliphatic carbocycles. The lowest BCUT2D eigenvalue weighted by Crippen LogP contribution is -2.46. The van der Waals surface area contributed by atoms with Gasteiger partial charge in [-0.05, 0) is 66.0 Å². The van der Waals surface area contributed by atoms with Crippen molar-refractivity contribution in [3.8, 4) is 11.3 Å². The number of benzene rings is 1. The molecule has 1 saturated heterocycles. The molecule has 1 aromatic carbocycles. The number of pyridine rings is 1. The van der Waals surface area contributed by atoms with Gasteiger partial charge in [0.1, 0.15) is 5.82 Å². The highest BCUT2D eigenvalue weighted by Gasteiger charge is 2.37. The number of anilines is 1. The molecule has 0 N–H and O–H groups in total. The van der Waals surface area contributed by atoms with Crippen LogP contribution in [0.3, 0.4) is 0 Å². The Morgan fingerprint density at radius 3 is 2.27 bits per heavy atom. The highest BCUT2D eigenvalue weighted by Crippen LogP contribution is 2.46. The molecule has 1 fully saturated rings. The van der Waals surface area contributed by atoms with Crippen LogP contribution in [0.2, 0.25) is 0 Å². The minimum atomic E-state index is 0.229. The van der Waals surface area contributed by atoms with Gasteiger partial charge in [0.25, 0.3) is 0 Å². The molecule has 3 nitrogen and oxygen atoms in total. The summed E-state index contributed by atoms with van der Waals surface area (Å²) >= 11 is 0. The number of nitrogens with zero attached hydrogens (tertiary/aromatic N) is 3. The van der Waals surface area contributed by atoms with Crippen LogP contribution >= 0.6 is 0 Å². The minimum Gasteiger partial charge on any atom is -0.354 e. The van der Waals surface area contributed by atoms with Crippen molar-refractivity contribution in [1.82, 2.24) is 9.88 Å². The van der Waals surface area contributed by atoms with Crippen LogP contribution in [0.15, 0.2) is 36.4 Å². The maximum atomic E-state index is 5.09. The van der Waals surface area contributed by atoms with E-state index < -0.39 is 0 Å². The van der Waals surface area contributed by atoms with E-state index in [-0.39, 0.29) is 10.8 Å². The first kappa shape index (κ1) is 21.4. The Morgan fingerprint density at radius 1 is 0.867 bits per heavy atom. The van der Waals surface area contributed by atoms with E-state index in [1.165, 1.54) is 48.9 Å². The summed E-state index contributed by atoms with van der Waals surface area (Å²) in [5.41, 5.74) is 5.87. The highest BCUT2D eigenvalue weighted by molar-refractivity contribution is 5.65. The Hall–Kier alpha value is -1.87. The van der Waals surface area contributed by atoms with Gasteiger partial charge in [0.05, 0.1) is 5.69 Å². The van der Waals surface area contributed by atoms with Crippen molar-refractivity contribution in [3.05, 3.63) is 47.5 Å². The first-order valence-electron chi connectivity index (χ1n) is 11.9. The van der Waals surface area contributed by atoms with E-state index in [1.807, 2.05) is 0 Å². The minimum absolute atomic E-state index is 0.229. The SMILES string of the molecule is CCCCN1CCN(c2cccc(-c3ccc4c(c3)C(C)(C)CCC4(C)C)n2)CC1. The van der Waals surface area contributed by atoms with Crippen molar-refractivity contribution < 1.29 is 0 Å². The third-order valence-electron chi connectivity index (χ3n) is 7.41. The van der Waals surface area contributed by atoms with E-state index in [0.29, 0.717) is 0 Å². The molecule has 30 heavy (non-hydrogen) atoms. The van der Waals surface area contributed by atoms with Crippen LogP contribution in [0.4, 0.5) is 5.82 Å². The number of hydrogen-bond donors (Lipinski definition) is 0. The van der Waals surface area contributed by atoms with E-state index >= 15 is 0 Å². The maximum Gasteiger partial charge on any atom is 0.129 e. The van der Waals surface area contributed by atoms with E-state index in [0.717, 1.165) is 37.7 Å². The lowest BCUT2D eigenvalue weighted by Gasteiger charge is -2.42. The molecule has 0 saturated carbocycles. The largest absolute Gasteiger partial charge is 0.354 e. The van der Waals surface area contributed by atoms with E-state index in [1.54, 1.807) is 0 Å². The Labute approximate surface area is 183 Å². The number of fused-ring (bicyclic) bond motifs is 1. The molecule has 0 unspecified atom stereocenters. The van der Waals surface area contributed by atoms with Crippen molar-refractivity contribution in [2.24, 2.45) is 0 Å². The van der Waals surface area contributed by atoms with Gasteiger partial charge in [-0.3, -0.25) is 4.90 Å². The lowest BCUT2D eigenvalue weighted by atomic mass is 9.63. The van der Waals surface area contributed by atoms with Gasteiger partial charge in [-0.15, -0.1) is 0 Å². The molecule has 0 atom stereocenters. The fourth-order valence-corrected chi connectivity index (χ4v) is 5.09. The second-order valence-corrected chi connectivity index (χ2v) is 10.6. The van der Waals surface area contributed by atoms with Crippen LogP contribution in [0.25, 0.3) is 11.3 Å². The zero-order valence-electron chi connectivity index (χ0n) is 19.7. The summed E-state index contributed by atoms with van der Waals surface area (Å²) in [5, 5.41) is 0. The summed E-state index contributed by atoms with van der Waals surface area (Å²) in [5.74, 6) is 1.12. The summed E-state index contributed by atoms with van der Waals surface area (Å²) in [6, 6.07) is 13.6. The molecule has 162 valence electrons. The van der Waals surface area contributed by atoms with Crippen molar-refractivity contribution in [2.45, 2.75) is 71.1 Å². The topological polar surface area (TPSA) is 19.4 Å². The van der Waals surface area contributed by atoms with Gasteiger partial charge in [-0.25, -0.2) is 4.98 Å². The molecule has 0 amide bonds. The second-order valence-electron chi connectivity index (χ2n) is 10.6. The number of rotatable bonds is 5. The standard InChI is InChI=1S/C27H39N3/c1-6-7-15-29-16-18-30(19-17-29)25-10-8-9-24(28-25)21-11-12-22-23(20-21)27(4,5)14-13-26(22,2)3/h8-12,20H,6-7,13-19H2,1-5H3. The summed E-state index contributed by atoms with van der Waals surface area (Å²) in [7, 11) is 0. The molecule has 1 aromatic heterocycles. The van der Waals surface area contributed by atoms with Gasteiger partial charge in [-0.1, -0.05) is 59.2 Å². The third kappa shape index (κ3) is 4.27. The zero-order valence-corrected chi connectivity index (χ0v) is 19.7. The van der Waals surface area contributed by atoms with Crippen molar-refractivity contribution in [1.29, 1.82) is 0 Å². The highest BCUT2D eigenvalue weighted by atomic mass is 15.3. The van der Waals surface area contributed by atoms with Crippen LogP contribution in [0.5, 0.6) is 0 Å². The normalized spacial score (nSPS) is 20.8. The van der Waals surface area contributed by atoms with Gasteiger partial charge >= 0.3 is 0 Å². The molecule has 0 radical (unpaired) electrons. The molecule has 2 aliphatic rings. The Balaban J connectivity index is 1.57. The summed E-state index contributed by atoms with van der Waals surface area (Å²) in [4.78, 5) is 10.1. The maximum absolute atomic E-state index is 5.09. The summed E-state index contributed by atoms with van der Waals surface area (Å²) < 4.78 is 0. The van der Waals surface area contributed by atoms with Crippen LogP contribution in [-0.4, -0.2) is 42.6 Å². The van der Waals surface area contributed by atoms with Gasteiger partial charge in [0.15, 0.2) is 0 Å². The average Bonchev–Trinajstić information content (AvgIpc) is 2.76. The molecule has 3 heteroatoms. The van der Waals surface area contributed by atoms with Crippen LogP contribution < -0.4 is 4.90 Å². The van der Waals surface area contributed by atoms with Gasteiger partial charge in [-0.2, -0.15) is 0 Å². The molecule has 4 rings (SSSR count). The van der Waals surface area contributed by atoms with Gasteiger partial charge < -0.3 is 4.90 Å². The number of unbranched alkanes of at least 4 members (excludes halogenated alkanes) is 1. The predicted molar refractivity (Wildman–Crippen MR) is 129 cm³/mol. The Kier molecular flexibility index (Phi) is 5.94. The van der Waals surface area contributed by atoms with Crippen molar-refractivity contribution in [2.75, 3.05) is 37.6 Å². The second kappa shape index (κ2) is 8.34. The van der Waals surface area contributed by atoms with E-state index in [4.69, 9.17) is 4.98 Å². The van der Waals surface area contributed by atoms with Crippen molar-refractivity contribution >= 4 is 5.82 Å². The molecular weight excluding hydrogens is 366 g/mol. The molecular formula is C27H39N3. The van der Waals surface area contributed by atoms with Gasteiger partial charge in [0, 0.05) is 31.7 Å². The quantitative estimate of drug-likeness (QED) is 0.606. The number of piperazine rings is 1. The fourth-order valence-electron chi connectivity index (χ4n) is 5.09. The Bertz CT molecular complexity index is 875. The third-order valence-corrected chi connectivity index (χ3v) is 7.41. The predicted octanol–water partition coefficient (Wildman–Crippen LogP) is 6.02. The molecule has 2 aromatic rings. The van der Waals surface area contributed by atoms with Crippen LogP contribution in [-0.2, 0) is 10.8 Å². The first-order valence-corrected chi connectivity index (χ1v) is 11.9. The number of aromatic nitrogens is 1. The molecule has 0 bridgehead atoms. The van der Waals surface area contributed by atoms with Crippen LogP contribution in [0, 0.1) is 0 Å². The fraction of sp³-hybridized carbons (Fsp3) is 0.593. The first-order chi connectivity index (χ1) is 14.3. The smallest absolute Gasteiger partial charge is 0.129 e.